The standard InChI is InChI=1S/C32H45F3N4O.2C2H6/c1-6-26(37-20-24-11-10-12-25(14-13-24)32(33,34)35)19-29(28-18-22(3)17-23(4)30(28)36)31(40)38(5)27(7-2)21-39-15-8-9-16-39;2*1-2/h6,11-14,17-19,23,27,30,37H,7-10,15-16,20-21,36H2,1-5H3;2*1-2H3/b26-6+,29-19+;;/t23?,27-,30?;;/m0../s1. The minimum atomic E-state index is -4.37. The van der Waals surface area contributed by atoms with Crippen LogP contribution >= 0.6 is 0 Å². The van der Waals surface area contributed by atoms with Gasteiger partial charge in [-0.15, -0.1) is 0 Å². The first-order valence-corrected chi connectivity index (χ1v) is 16.4. The van der Waals surface area contributed by atoms with Gasteiger partial charge in [-0.1, -0.05) is 89.6 Å². The van der Waals surface area contributed by atoms with Gasteiger partial charge >= 0.3 is 6.18 Å². The van der Waals surface area contributed by atoms with Gasteiger partial charge in [0, 0.05) is 43.5 Å². The molecule has 0 aromatic heterocycles. The smallest absolute Gasteiger partial charge is 0.381 e. The molecular weight excluding hydrogens is 561 g/mol. The number of alkyl halides is 3. The molecule has 1 aliphatic heterocycles. The molecule has 2 unspecified atom stereocenters. The molecule has 3 N–H and O–H groups in total. The number of allylic oxidation sites excluding steroid dienone is 8. The zero-order valence-electron chi connectivity index (χ0n) is 28.5. The number of nitrogens with one attached hydrogen (secondary N) is 1. The number of rotatable bonds is 10. The van der Waals surface area contributed by atoms with Crippen LogP contribution in [0.3, 0.4) is 0 Å². The summed E-state index contributed by atoms with van der Waals surface area (Å²) in [5.41, 5.74) is 9.86. The fourth-order valence-electron chi connectivity index (χ4n) is 5.47. The van der Waals surface area contributed by atoms with E-state index in [0.717, 1.165) is 48.9 Å². The highest BCUT2D eigenvalue weighted by Gasteiger charge is 2.32. The van der Waals surface area contributed by atoms with Crippen molar-refractivity contribution in [3.8, 4) is 0 Å². The molecule has 0 bridgehead atoms. The van der Waals surface area contributed by atoms with Crippen molar-refractivity contribution in [3.05, 3.63) is 82.2 Å². The van der Waals surface area contributed by atoms with E-state index in [4.69, 9.17) is 5.73 Å². The topological polar surface area (TPSA) is 61.6 Å². The summed E-state index contributed by atoms with van der Waals surface area (Å²) in [6, 6.07) is -0.259. The Kier molecular flexibility index (Phi) is 17.4. The van der Waals surface area contributed by atoms with Gasteiger partial charge in [0.15, 0.2) is 0 Å². The summed E-state index contributed by atoms with van der Waals surface area (Å²) < 4.78 is 39.4. The molecule has 1 fully saturated rings. The molecule has 0 aromatic carbocycles. The second-order valence-corrected chi connectivity index (χ2v) is 11.0. The Morgan fingerprint density at radius 1 is 1.16 bits per heavy atom. The second-order valence-electron chi connectivity index (χ2n) is 11.0. The first kappa shape index (κ1) is 39.2. The monoisotopic (exact) mass is 618 g/mol. The van der Waals surface area contributed by atoms with Crippen LogP contribution in [-0.2, 0) is 4.79 Å². The summed E-state index contributed by atoms with van der Waals surface area (Å²) in [5, 5.41) is 3.32. The van der Waals surface area contributed by atoms with Gasteiger partial charge < -0.3 is 20.9 Å². The third-order valence-corrected chi connectivity index (χ3v) is 8.01. The van der Waals surface area contributed by atoms with Crippen molar-refractivity contribution in [2.45, 2.75) is 99.3 Å². The number of carbonyl (C=O) groups excluding carboxylic acids is 1. The Balaban J connectivity index is 0.00000232. The molecule has 1 amide bonds. The zero-order chi connectivity index (χ0) is 33.4. The molecule has 3 atom stereocenters. The number of carbonyl (C=O) groups is 1. The summed E-state index contributed by atoms with van der Waals surface area (Å²) in [6.45, 7) is 19.4. The van der Waals surface area contributed by atoms with Crippen molar-refractivity contribution in [2.24, 2.45) is 11.7 Å². The fraction of sp³-hybridized carbons (Fsp3) is 0.583. The Bertz CT molecular complexity index is 1130. The van der Waals surface area contributed by atoms with Crippen LogP contribution in [0.1, 0.15) is 81.1 Å². The maximum Gasteiger partial charge on any atom is 0.416 e. The number of nitrogens with two attached hydrogens (primary N) is 1. The molecule has 0 saturated carbocycles. The molecule has 1 saturated heterocycles. The van der Waals surface area contributed by atoms with Crippen molar-refractivity contribution in [3.63, 3.8) is 0 Å². The Hall–Kier alpha value is -2.84. The summed E-state index contributed by atoms with van der Waals surface area (Å²) in [6.07, 6.45) is 12.5. The van der Waals surface area contributed by atoms with Crippen molar-refractivity contribution in [2.75, 3.05) is 33.2 Å². The highest BCUT2D eigenvalue weighted by atomic mass is 19.4. The van der Waals surface area contributed by atoms with E-state index < -0.39 is 11.7 Å². The molecule has 0 spiro atoms. The van der Waals surface area contributed by atoms with Crippen LogP contribution in [0.5, 0.6) is 0 Å². The number of likely N-dealkylation sites (tertiary alicyclic amines) is 1. The van der Waals surface area contributed by atoms with Crippen LogP contribution in [0.25, 0.3) is 0 Å². The minimum absolute atomic E-state index is 0.0714. The lowest BCUT2D eigenvalue weighted by Crippen LogP contribution is -2.46. The third-order valence-electron chi connectivity index (χ3n) is 8.01. The van der Waals surface area contributed by atoms with Crippen LogP contribution in [0, 0.1) is 5.92 Å². The summed E-state index contributed by atoms with van der Waals surface area (Å²) >= 11 is 0. The normalized spacial score (nSPS) is 21.8. The molecule has 3 aliphatic rings. The van der Waals surface area contributed by atoms with Crippen molar-refractivity contribution < 1.29 is 18.0 Å². The number of hydrogen-bond donors (Lipinski definition) is 2. The van der Waals surface area contributed by atoms with Crippen molar-refractivity contribution >= 4 is 5.91 Å². The van der Waals surface area contributed by atoms with Gasteiger partial charge in [-0.05, 0) is 75.8 Å². The molecule has 0 aromatic rings. The average molecular weight is 619 g/mol. The van der Waals surface area contributed by atoms with E-state index in [0.29, 0.717) is 17.8 Å². The zero-order valence-corrected chi connectivity index (χ0v) is 28.5. The number of hydrogen-bond acceptors (Lipinski definition) is 4. The average Bonchev–Trinajstić information content (AvgIpc) is 3.41. The van der Waals surface area contributed by atoms with Gasteiger partial charge in [-0.2, -0.15) is 13.2 Å². The fourth-order valence-corrected chi connectivity index (χ4v) is 5.47. The Morgan fingerprint density at radius 3 is 2.36 bits per heavy atom. The van der Waals surface area contributed by atoms with E-state index >= 15 is 0 Å². The Labute approximate surface area is 265 Å². The first-order chi connectivity index (χ1) is 20.9. The van der Waals surface area contributed by atoms with Gasteiger partial charge in [0.1, 0.15) is 0 Å². The molecule has 3 rings (SSSR count). The van der Waals surface area contributed by atoms with E-state index in [1.54, 1.807) is 6.08 Å². The molecule has 1 heterocycles. The lowest BCUT2D eigenvalue weighted by atomic mass is 9.83. The van der Waals surface area contributed by atoms with E-state index in [1.165, 1.54) is 25.0 Å². The van der Waals surface area contributed by atoms with Gasteiger partial charge in [-0.25, -0.2) is 0 Å². The summed E-state index contributed by atoms with van der Waals surface area (Å²) in [4.78, 5) is 18.4. The van der Waals surface area contributed by atoms with Gasteiger partial charge in [0.05, 0.1) is 5.57 Å². The number of likely N-dealkylation sites (N-methyl/N-ethyl adjacent to an activating group) is 1. The Morgan fingerprint density at radius 2 is 1.80 bits per heavy atom. The van der Waals surface area contributed by atoms with Gasteiger partial charge in [-0.3, -0.25) is 4.79 Å². The van der Waals surface area contributed by atoms with Crippen molar-refractivity contribution in [1.29, 1.82) is 0 Å². The number of nitrogens with zero attached hydrogens (tertiary/aromatic N) is 2. The molecule has 0 radical (unpaired) electrons. The van der Waals surface area contributed by atoms with Crippen molar-refractivity contribution in [1.82, 2.24) is 15.1 Å². The summed E-state index contributed by atoms with van der Waals surface area (Å²) in [5.74, 6) is -0.00454. The molecule has 8 heteroatoms. The first-order valence-electron chi connectivity index (χ1n) is 16.4. The molecule has 44 heavy (non-hydrogen) atoms. The number of amides is 1. The minimum Gasteiger partial charge on any atom is -0.381 e. The van der Waals surface area contributed by atoms with Crippen LogP contribution in [-0.4, -0.2) is 67.2 Å². The van der Waals surface area contributed by atoms with E-state index in [9.17, 15) is 18.0 Å². The molecular formula is C36H57F3N4O. The van der Waals surface area contributed by atoms with Crippen LogP contribution in [0.15, 0.2) is 82.2 Å². The van der Waals surface area contributed by atoms with E-state index in [2.05, 4.69) is 30.1 Å². The number of halogens is 3. The largest absolute Gasteiger partial charge is 0.416 e. The molecule has 248 valence electrons. The van der Waals surface area contributed by atoms with Gasteiger partial charge in [0.2, 0.25) is 0 Å². The molecule has 2 aliphatic carbocycles. The molecule has 5 nitrogen and oxygen atoms in total. The highest BCUT2D eigenvalue weighted by Crippen LogP contribution is 2.30. The predicted molar refractivity (Wildman–Crippen MR) is 180 cm³/mol. The lowest BCUT2D eigenvalue weighted by Gasteiger charge is -2.34. The predicted octanol–water partition coefficient (Wildman–Crippen LogP) is 8.02. The lowest BCUT2D eigenvalue weighted by molar-refractivity contribution is -0.128. The van der Waals surface area contributed by atoms with E-state index in [1.807, 2.05) is 71.7 Å². The van der Waals surface area contributed by atoms with Crippen LogP contribution < -0.4 is 11.1 Å². The maximum atomic E-state index is 14.1. The van der Waals surface area contributed by atoms with Crippen LogP contribution in [0.2, 0.25) is 0 Å². The quantitative estimate of drug-likeness (QED) is 0.192. The SMILES string of the molecule is C/C=C(\C=C(\C(=O)N(C)[C@@H](CC)CN1CCCC1)C1=CC(C)=CC(C)C1N)NCC1=CCC=C(C(F)(F)F)C=C1.CC.CC. The van der Waals surface area contributed by atoms with Gasteiger partial charge in [0.25, 0.3) is 5.91 Å². The summed E-state index contributed by atoms with van der Waals surface area (Å²) in [7, 11) is 1.87. The van der Waals surface area contributed by atoms with Crippen LogP contribution in [0.4, 0.5) is 13.2 Å². The maximum absolute atomic E-state index is 14.1. The second kappa shape index (κ2) is 19.5. The third kappa shape index (κ3) is 11.6. The highest BCUT2D eigenvalue weighted by molar-refractivity contribution is 5.99. The van der Waals surface area contributed by atoms with E-state index in [-0.39, 0.29) is 30.3 Å².